The molecule has 0 bridgehead atoms. The monoisotopic (exact) mass is 386 g/mol. The molecule has 0 unspecified atom stereocenters. The molecule has 29 heavy (non-hydrogen) atoms. The summed E-state index contributed by atoms with van der Waals surface area (Å²) >= 11 is 0. The van der Waals surface area contributed by atoms with Gasteiger partial charge in [0.05, 0.1) is 0 Å². The highest BCUT2D eigenvalue weighted by Crippen LogP contribution is 2.26. The van der Waals surface area contributed by atoms with E-state index in [9.17, 15) is 14.9 Å². The van der Waals surface area contributed by atoms with Crippen LogP contribution in [0.4, 0.5) is 0 Å². The number of H-pyrrole nitrogens is 1. The number of aromatic amines is 1. The highest BCUT2D eigenvalue weighted by Gasteiger charge is 2.20. The van der Waals surface area contributed by atoms with Crippen LogP contribution in [0.1, 0.15) is 46.0 Å². The van der Waals surface area contributed by atoms with Gasteiger partial charge in [-0.05, 0) is 42.5 Å². The minimum atomic E-state index is -0.489. The molecule has 0 aliphatic heterocycles. The van der Waals surface area contributed by atoms with Gasteiger partial charge in [0.15, 0.2) is 6.10 Å². The first-order valence-corrected chi connectivity index (χ1v) is 9.43. The van der Waals surface area contributed by atoms with Crippen LogP contribution in [-0.2, 0) is 16.0 Å². The third-order valence-corrected chi connectivity index (χ3v) is 4.95. The number of carbonyl (C=O) groups is 1. The first kappa shape index (κ1) is 20.1. The van der Waals surface area contributed by atoms with Crippen molar-refractivity contribution in [1.82, 2.24) is 4.98 Å². The standard InChI is InChI=1S/C24H22N2O3/c1-16-20(17(2)26-24(28)21(16)15-25)13-14-22(27)29-23(18-9-5-3-6-10-18)19-11-7-4-8-12-19/h3-12,23H,13-14H2,1-2H3,(H,26,28). The van der Waals surface area contributed by atoms with Gasteiger partial charge in [0, 0.05) is 12.1 Å². The molecule has 2 aromatic carbocycles. The molecule has 0 aliphatic carbocycles. The Labute approximate surface area is 169 Å². The lowest BCUT2D eigenvalue weighted by atomic mass is 9.99. The quantitative estimate of drug-likeness (QED) is 0.646. The molecule has 0 spiro atoms. The Kier molecular flexibility index (Phi) is 6.25. The molecule has 0 atom stereocenters. The number of esters is 1. The number of nitrogens with one attached hydrogen (secondary N) is 1. The van der Waals surface area contributed by atoms with Gasteiger partial charge in [-0.1, -0.05) is 60.7 Å². The van der Waals surface area contributed by atoms with E-state index in [2.05, 4.69) is 4.98 Å². The third kappa shape index (κ3) is 4.61. The molecule has 0 aliphatic rings. The third-order valence-electron chi connectivity index (χ3n) is 4.95. The number of ether oxygens (including phenoxy) is 1. The van der Waals surface area contributed by atoms with Crippen molar-refractivity contribution in [1.29, 1.82) is 5.26 Å². The van der Waals surface area contributed by atoms with Crippen molar-refractivity contribution in [3.8, 4) is 6.07 Å². The lowest BCUT2D eigenvalue weighted by Gasteiger charge is -2.19. The number of aromatic nitrogens is 1. The number of carbonyl (C=O) groups excluding carboxylic acids is 1. The lowest BCUT2D eigenvalue weighted by Crippen LogP contribution is -2.18. The van der Waals surface area contributed by atoms with Crippen LogP contribution in [0.15, 0.2) is 65.5 Å². The Balaban J connectivity index is 1.79. The van der Waals surface area contributed by atoms with Gasteiger partial charge in [0.2, 0.25) is 0 Å². The molecule has 1 aromatic heterocycles. The number of rotatable bonds is 6. The molecule has 146 valence electrons. The number of benzene rings is 2. The fourth-order valence-electron chi connectivity index (χ4n) is 3.42. The minimum absolute atomic E-state index is 0.0883. The van der Waals surface area contributed by atoms with Gasteiger partial charge in [-0.15, -0.1) is 0 Å². The van der Waals surface area contributed by atoms with Crippen LogP contribution in [0, 0.1) is 25.2 Å². The topological polar surface area (TPSA) is 83.0 Å². The molecule has 0 saturated carbocycles. The van der Waals surface area contributed by atoms with Crippen LogP contribution >= 0.6 is 0 Å². The van der Waals surface area contributed by atoms with Crippen molar-refractivity contribution in [2.24, 2.45) is 0 Å². The van der Waals surface area contributed by atoms with Gasteiger partial charge in [-0.2, -0.15) is 5.26 Å². The summed E-state index contributed by atoms with van der Waals surface area (Å²) in [5.74, 6) is -0.341. The van der Waals surface area contributed by atoms with Gasteiger partial charge in [-0.3, -0.25) is 9.59 Å². The SMILES string of the molecule is Cc1[nH]c(=O)c(C#N)c(C)c1CCC(=O)OC(c1ccccc1)c1ccccc1. The maximum atomic E-state index is 12.7. The normalized spacial score (nSPS) is 10.6. The molecule has 3 aromatic rings. The Hall–Kier alpha value is -3.65. The molecule has 5 heteroatoms. The zero-order chi connectivity index (χ0) is 20.8. The average molecular weight is 386 g/mol. The number of nitrogens with zero attached hydrogens (tertiary/aromatic N) is 1. The molecule has 1 N–H and O–H groups in total. The Bertz CT molecular complexity index is 1060. The molecule has 0 amide bonds. The van der Waals surface area contributed by atoms with Gasteiger partial charge in [-0.25, -0.2) is 0 Å². The first-order valence-electron chi connectivity index (χ1n) is 9.43. The summed E-state index contributed by atoms with van der Waals surface area (Å²) in [5, 5.41) is 9.20. The van der Waals surface area contributed by atoms with E-state index in [0.29, 0.717) is 17.7 Å². The van der Waals surface area contributed by atoms with E-state index in [1.807, 2.05) is 66.7 Å². The van der Waals surface area contributed by atoms with Crippen molar-refractivity contribution in [3.63, 3.8) is 0 Å². The van der Waals surface area contributed by atoms with Crippen LogP contribution < -0.4 is 5.56 Å². The number of hydrogen-bond acceptors (Lipinski definition) is 4. The summed E-state index contributed by atoms with van der Waals surface area (Å²) in [6.45, 7) is 3.51. The van der Waals surface area contributed by atoms with Gasteiger partial charge in [0.1, 0.15) is 11.6 Å². The van der Waals surface area contributed by atoms with Crippen molar-refractivity contribution in [2.75, 3.05) is 0 Å². The average Bonchev–Trinajstić information content (AvgIpc) is 2.73. The van der Waals surface area contributed by atoms with Crippen molar-refractivity contribution in [2.45, 2.75) is 32.8 Å². The lowest BCUT2D eigenvalue weighted by molar-refractivity contribution is -0.147. The molecule has 5 nitrogen and oxygen atoms in total. The van der Waals surface area contributed by atoms with Gasteiger partial charge < -0.3 is 9.72 Å². The first-order chi connectivity index (χ1) is 14.0. The summed E-state index contributed by atoms with van der Waals surface area (Å²) in [4.78, 5) is 27.2. The van der Waals surface area contributed by atoms with Crippen molar-refractivity contribution >= 4 is 5.97 Å². The summed E-state index contributed by atoms with van der Waals surface area (Å²) < 4.78 is 5.83. The highest BCUT2D eigenvalue weighted by atomic mass is 16.5. The smallest absolute Gasteiger partial charge is 0.307 e. The van der Waals surface area contributed by atoms with Gasteiger partial charge in [0.25, 0.3) is 5.56 Å². The molecule has 0 saturated heterocycles. The fraction of sp³-hybridized carbons (Fsp3) is 0.208. The molecule has 0 radical (unpaired) electrons. The number of hydrogen-bond donors (Lipinski definition) is 1. The Morgan fingerprint density at radius 1 is 1.03 bits per heavy atom. The summed E-state index contributed by atoms with van der Waals surface area (Å²) in [6, 6.07) is 21.1. The van der Waals surface area contributed by atoms with Gasteiger partial charge >= 0.3 is 5.97 Å². The van der Waals surface area contributed by atoms with E-state index < -0.39 is 11.7 Å². The van der Waals surface area contributed by atoms with Crippen LogP contribution in [0.25, 0.3) is 0 Å². The molecule has 0 fully saturated rings. The fourth-order valence-corrected chi connectivity index (χ4v) is 3.42. The Morgan fingerprint density at radius 2 is 1.59 bits per heavy atom. The van der Waals surface area contributed by atoms with Crippen LogP contribution in [0.3, 0.4) is 0 Å². The minimum Gasteiger partial charge on any atom is -0.453 e. The maximum Gasteiger partial charge on any atom is 0.307 e. The molecular formula is C24H22N2O3. The van der Waals surface area contributed by atoms with Crippen molar-refractivity contribution < 1.29 is 9.53 Å². The number of aryl methyl sites for hydroxylation is 1. The summed E-state index contributed by atoms with van der Waals surface area (Å²) in [6.07, 6.45) is 0.0462. The summed E-state index contributed by atoms with van der Waals surface area (Å²) in [7, 11) is 0. The zero-order valence-electron chi connectivity index (χ0n) is 16.4. The van der Waals surface area contributed by atoms with E-state index in [1.165, 1.54) is 0 Å². The maximum absolute atomic E-state index is 12.7. The van der Waals surface area contributed by atoms with E-state index in [4.69, 9.17) is 4.74 Å². The van der Waals surface area contributed by atoms with E-state index in [0.717, 1.165) is 16.7 Å². The molecule has 3 rings (SSSR count). The number of nitriles is 1. The second kappa shape index (κ2) is 9.03. The highest BCUT2D eigenvalue weighted by molar-refractivity contribution is 5.70. The van der Waals surface area contributed by atoms with E-state index in [1.54, 1.807) is 13.8 Å². The van der Waals surface area contributed by atoms with Crippen LogP contribution in [-0.4, -0.2) is 11.0 Å². The van der Waals surface area contributed by atoms with E-state index in [-0.39, 0.29) is 18.0 Å². The second-order valence-corrected chi connectivity index (χ2v) is 6.86. The molecule has 1 heterocycles. The molecular weight excluding hydrogens is 364 g/mol. The Morgan fingerprint density at radius 3 is 2.10 bits per heavy atom. The van der Waals surface area contributed by atoms with Crippen LogP contribution in [0.2, 0.25) is 0 Å². The predicted octanol–water partition coefficient (Wildman–Crippen LogP) is 4.13. The predicted molar refractivity (Wildman–Crippen MR) is 110 cm³/mol. The second-order valence-electron chi connectivity index (χ2n) is 6.86. The number of pyridine rings is 1. The van der Waals surface area contributed by atoms with E-state index >= 15 is 0 Å². The zero-order valence-corrected chi connectivity index (χ0v) is 16.4. The summed E-state index contributed by atoms with van der Waals surface area (Å²) in [5.41, 5.74) is 3.57. The van der Waals surface area contributed by atoms with Crippen molar-refractivity contribution in [3.05, 3.63) is 105 Å². The van der Waals surface area contributed by atoms with Crippen LogP contribution in [0.5, 0.6) is 0 Å². The largest absolute Gasteiger partial charge is 0.453 e.